The molecular formula is C26H32N4O4S. The number of carbonyl (C=O) groups is 2. The second-order valence-corrected chi connectivity index (χ2v) is 9.78. The standard InChI is InChI=1S/C26H32N4O4S/c1-4-34-26(33)22-23(28-14-16-29(17-15-28)24(31)21-11-7-18-35-21)19-9-5-6-10-20(19)30(25(22)32)13-8-12-27(2)3/h5-7,9-11,18H,4,8,12-17H2,1-3H3. The highest BCUT2D eigenvalue weighted by atomic mass is 32.1. The zero-order valence-electron chi connectivity index (χ0n) is 20.5. The van der Waals surface area contributed by atoms with Crippen molar-refractivity contribution >= 4 is 39.8 Å². The Bertz CT molecular complexity index is 1240. The summed E-state index contributed by atoms with van der Waals surface area (Å²) in [4.78, 5) is 46.3. The third kappa shape index (κ3) is 5.26. The number of pyridine rings is 1. The molecule has 186 valence electrons. The molecule has 35 heavy (non-hydrogen) atoms. The zero-order chi connectivity index (χ0) is 24.9. The van der Waals surface area contributed by atoms with Crippen molar-refractivity contribution in [2.45, 2.75) is 19.9 Å². The van der Waals surface area contributed by atoms with E-state index >= 15 is 0 Å². The van der Waals surface area contributed by atoms with E-state index in [-0.39, 0.29) is 23.6 Å². The first-order valence-electron chi connectivity index (χ1n) is 12.0. The molecule has 1 saturated heterocycles. The number of nitrogens with zero attached hydrogens (tertiary/aromatic N) is 4. The summed E-state index contributed by atoms with van der Waals surface area (Å²) in [6.45, 7) is 5.34. The average Bonchev–Trinajstić information content (AvgIpc) is 3.39. The minimum absolute atomic E-state index is 0.0198. The van der Waals surface area contributed by atoms with E-state index in [0.29, 0.717) is 38.4 Å². The van der Waals surface area contributed by atoms with E-state index in [1.54, 1.807) is 11.5 Å². The summed E-state index contributed by atoms with van der Waals surface area (Å²) < 4.78 is 7.04. The van der Waals surface area contributed by atoms with E-state index in [4.69, 9.17) is 4.74 Å². The number of thiophene rings is 1. The lowest BCUT2D eigenvalue weighted by atomic mass is 10.1. The van der Waals surface area contributed by atoms with Crippen LogP contribution < -0.4 is 10.5 Å². The van der Waals surface area contributed by atoms with Gasteiger partial charge in [-0.15, -0.1) is 11.3 Å². The Hall–Kier alpha value is -3.17. The Morgan fingerprint density at radius 1 is 1.06 bits per heavy atom. The van der Waals surface area contributed by atoms with Gasteiger partial charge in [-0.2, -0.15) is 0 Å². The van der Waals surface area contributed by atoms with Crippen molar-refractivity contribution in [3.63, 3.8) is 0 Å². The van der Waals surface area contributed by atoms with Crippen LogP contribution in [-0.4, -0.2) is 79.7 Å². The number of para-hydroxylation sites is 1. The maximum Gasteiger partial charge on any atom is 0.345 e. The molecule has 0 radical (unpaired) electrons. The quantitative estimate of drug-likeness (QED) is 0.446. The predicted octanol–water partition coefficient (Wildman–Crippen LogP) is 3.15. The Balaban J connectivity index is 1.73. The van der Waals surface area contributed by atoms with Crippen LogP contribution in [0.1, 0.15) is 33.4 Å². The first kappa shape index (κ1) is 24.9. The van der Waals surface area contributed by atoms with E-state index in [9.17, 15) is 14.4 Å². The normalized spacial score (nSPS) is 14.1. The summed E-state index contributed by atoms with van der Waals surface area (Å²) in [7, 11) is 3.99. The summed E-state index contributed by atoms with van der Waals surface area (Å²) >= 11 is 1.43. The zero-order valence-corrected chi connectivity index (χ0v) is 21.3. The van der Waals surface area contributed by atoms with Crippen molar-refractivity contribution in [3.8, 4) is 0 Å². The molecule has 0 bridgehead atoms. The molecule has 1 aliphatic rings. The molecule has 9 heteroatoms. The molecule has 8 nitrogen and oxygen atoms in total. The Kier molecular flexibility index (Phi) is 7.87. The average molecular weight is 497 g/mol. The second kappa shape index (κ2) is 11.0. The maximum atomic E-state index is 13.7. The topological polar surface area (TPSA) is 75.1 Å². The minimum Gasteiger partial charge on any atom is -0.462 e. The SMILES string of the molecule is CCOC(=O)c1c(N2CCN(C(=O)c3cccs3)CC2)c2ccccc2n(CCCN(C)C)c1=O. The fourth-order valence-electron chi connectivity index (χ4n) is 4.56. The van der Waals surface area contributed by atoms with E-state index in [1.165, 1.54) is 11.3 Å². The molecule has 1 amide bonds. The molecule has 4 rings (SSSR count). The number of carbonyl (C=O) groups excluding carboxylic acids is 2. The molecule has 0 saturated carbocycles. The molecule has 0 spiro atoms. The molecule has 0 N–H and O–H groups in total. The van der Waals surface area contributed by atoms with Crippen LogP contribution in [0.15, 0.2) is 46.6 Å². The minimum atomic E-state index is -0.600. The Morgan fingerprint density at radius 2 is 1.80 bits per heavy atom. The van der Waals surface area contributed by atoms with Crippen molar-refractivity contribution in [1.82, 2.24) is 14.4 Å². The molecule has 3 heterocycles. The van der Waals surface area contributed by atoms with Crippen LogP contribution in [0.2, 0.25) is 0 Å². The molecule has 1 aliphatic heterocycles. The van der Waals surface area contributed by atoms with Crippen LogP contribution in [0, 0.1) is 0 Å². The van der Waals surface area contributed by atoms with Gasteiger partial charge in [-0.05, 0) is 51.5 Å². The van der Waals surface area contributed by atoms with Gasteiger partial charge in [0.15, 0.2) is 0 Å². The highest BCUT2D eigenvalue weighted by Gasteiger charge is 2.30. The molecule has 0 atom stereocenters. The number of fused-ring (bicyclic) bond motifs is 1. The summed E-state index contributed by atoms with van der Waals surface area (Å²) in [5.41, 5.74) is 1.16. The second-order valence-electron chi connectivity index (χ2n) is 8.83. The van der Waals surface area contributed by atoms with Crippen LogP contribution in [0.25, 0.3) is 10.9 Å². The van der Waals surface area contributed by atoms with Gasteiger partial charge in [0.05, 0.1) is 22.7 Å². The highest BCUT2D eigenvalue weighted by molar-refractivity contribution is 7.12. The lowest BCUT2D eigenvalue weighted by Crippen LogP contribution is -2.49. The lowest BCUT2D eigenvalue weighted by Gasteiger charge is -2.37. The first-order chi connectivity index (χ1) is 16.9. The number of piperazine rings is 1. The maximum absolute atomic E-state index is 13.7. The molecule has 3 aromatic rings. The van der Waals surface area contributed by atoms with Crippen LogP contribution >= 0.6 is 11.3 Å². The smallest absolute Gasteiger partial charge is 0.345 e. The van der Waals surface area contributed by atoms with Gasteiger partial charge in [-0.3, -0.25) is 9.59 Å². The van der Waals surface area contributed by atoms with Crippen molar-refractivity contribution in [2.24, 2.45) is 0 Å². The van der Waals surface area contributed by atoms with Crippen LogP contribution in [0.5, 0.6) is 0 Å². The van der Waals surface area contributed by atoms with Crippen LogP contribution in [0.3, 0.4) is 0 Å². The number of hydrogen-bond acceptors (Lipinski definition) is 7. The fourth-order valence-corrected chi connectivity index (χ4v) is 5.25. The van der Waals surface area contributed by atoms with Gasteiger partial charge in [0.2, 0.25) is 0 Å². The van der Waals surface area contributed by atoms with Gasteiger partial charge in [0, 0.05) is 38.1 Å². The Morgan fingerprint density at radius 3 is 2.46 bits per heavy atom. The largest absolute Gasteiger partial charge is 0.462 e. The van der Waals surface area contributed by atoms with Crippen LogP contribution in [-0.2, 0) is 11.3 Å². The summed E-state index contributed by atoms with van der Waals surface area (Å²) in [6, 6.07) is 11.4. The van der Waals surface area contributed by atoms with Gasteiger partial charge < -0.3 is 24.0 Å². The number of esters is 1. The fraction of sp³-hybridized carbons (Fsp3) is 0.423. The molecule has 1 aromatic carbocycles. The molecular weight excluding hydrogens is 464 g/mol. The van der Waals surface area contributed by atoms with Gasteiger partial charge in [-0.1, -0.05) is 24.3 Å². The monoisotopic (exact) mass is 496 g/mol. The number of hydrogen-bond donors (Lipinski definition) is 0. The molecule has 0 unspecified atom stereocenters. The number of ether oxygens (including phenoxy) is 1. The number of aromatic nitrogens is 1. The molecule has 2 aromatic heterocycles. The number of anilines is 1. The van der Waals surface area contributed by atoms with Gasteiger partial charge >= 0.3 is 5.97 Å². The van der Waals surface area contributed by atoms with E-state index in [1.807, 2.05) is 60.8 Å². The summed E-state index contributed by atoms with van der Waals surface area (Å²) in [5.74, 6) is -0.580. The van der Waals surface area contributed by atoms with Crippen molar-refractivity contribution in [2.75, 3.05) is 58.3 Å². The van der Waals surface area contributed by atoms with Gasteiger partial charge in [0.1, 0.15) is 5.56 Å². The third-order valence-electron chi connectivity index (χ3n) is 6.23. The highest BCUT2D eigenvalue weighted by Crippen LogP contribution is 2.31. The lowest BCUT2D eigenvalue weighted by molar-refractivity contribution is 0.0523. The Labute approximate surface area is 209 Å². The summed E-state index contributed by atoms with van der Waals surface area (Å²) in [6.07, 6.45) is 0.780. The first-order valence-corrected chi connectivity index (χ1v) is 12.9. The number of amides is 1. The summed E-state index contributed by atoms with van der Waals surface area (Å²) in [5, 5.41) is 2.74. The van der Waals surface area contributed by atoms with E-state index in [2.05, 4.69) is 9.80 Å². The predicted molar refractivity (Wildman–Crippen MR) is 140 cm³/mol. The van der Waals surface area contributed by atoms with Gasteiger partial charge in [-0.25, -0.2) is 4.79 Å². The number of aryl methyl sites for hydroxylation is 1. The molecule has 1 fully saturated rings. The van der Waals surface area contributed by atoms with Crippen molar-refractivity contribution in [3.05, 3.63) is 62.6 Å². The van der Waals surface area contributed by atoms with E-state index < -0.39 is 5.97 Å². The van der Waals surface area contributed by atoms with Gasteiger partial charge in [0.25, 0.3) is 11.5 Å². The third-order valence-corrected chi connectivity index (χ3v) is 7.09. The van der Waals surface area contributed by atoms with Crippen LogP contribution in [0.4, 0.5) is 5.69 Å². The number of rotatable bonds is 8. The van der Waals surface area contributed by atoms with E-state index in [0.717, 1.165) is 28.7 Å². The van der Waals surface area contributed by atoms with Crippen molar-refractivity contribution in [1.29, 1.82) is 0 Å². The number of benzene rings is 1. The van der Waals surface area contributed by atoms with Crippen molar-refractivity contribution < 1.29 is 14.3 Å². The molecule has 0 aliphatic carbocycles.